The lowest BCUT2D eigenvalue weighted by molar-refractivity contribution is 0.299. The van der Waals surface area contributed by atoms with Gasteiger partial charge >= 0.3 is 25.7 Å². The minimum atomic E-state index is -2.31. The Hall–Kier alpha value is 0.924. The molecule has 0 aliphatic rings. The van der Waals surface area contributed by atoms with E-state index in [0.29, 0.717) is 0 Å². The lowest BCUT2D eigenvalue weighted by Crippen LogP contribution is -2.58. The average molecular weight is 482 g/mol. The normalized spacial score (nSPS) is 14.6. The van der Waals surface area contributed by atoms with Crippen molar-refractivity contribution in [1.82, 2.24) is 0 Å². The molecule has 0 spiro atoms. The molecular formula is C19H49O4Si5. The summed E-state index contributed by atoms with van der Waals surface area (Å²) in [6.45, 7) is 28.2. The van der Waals surface area contributed by atoms with E-state index in [1.807, 2.05) is 0 Å². The molecule has 0 amide bonds. The van der Waals surface area contributed by atoms with Crippen molar-refractivity contribution < 1.29 is 16.5 Å². The Balaban J connectivity index is 4.65. The molecule has 4 nitrogen and oxygen atoms in total. The van der Waals surface area contributed by atoms with E-state index in [-0.39, 0.29) is 0 Å². The monoisotopic (exact) mass is 481 g/mol. The molecule has 0 atom stereocenters. The third kappa shape index (κ3) is 15.7. The van der Waals surface area contributed by atoms with Gasteiger partial charge < -0.3 is 16.5 Å². The first-order chi connectivity index (χ1) is 12.4. The molecule has 0 aromatic carbocycles. The Morgan fingerprint density at radius 1 is 0.500 bits per heavy atom. The Labute approximate surface area is 182 Å². The van der Waals surface area contributed by atoms with Gasteiger partial charge in [-0.15, -0.1) is 0 Å². The van der Waals surface area contributed by atoms with Crippen molar-refractivity contribution in [2.75, 3.05) is 0 Å². The van der Waals surface area contributed by atoms with Crippen molar-refractivity contribution in [3.63, 3.8) is 0 Å². The Morgan fingerprint density at radius 3 is 1.36 bits per heavy atom. The molecule has 0 unspecified atom stereocenters. The molecule has 0 saturated heterocycles. The Kier molecular flexibility index (Phi) is 11.9. The largest absolute Gasteiger partial charge is 0.437 e. The van der Waals surface area contributed by atoms with E-state index in [1.165, 1.54) is 38.1 Å². The van der Waals surface area contributed by atoms with Crippen LogP contribution < -0.4 is 0 Å². The van der Waals surface area contributed by atoms with E-state index in [2.05, 4.69) is 78.9 Å². The van der Waals surface area contributed by atoms with Crippen LogP contribution in [0, 0.1) is 6.92 Å². The van der Waals surface area contributed by atoms with Crippen LogP contribution in [0.5, 0.6) is 0 Å². The highest BCUT2D eigenvalue weighted by molar-refractivity contribution is 6.90. The number of hydrogen-bond donors (Lipinski definition) is 0. The Bertz CT molecular complexity index is 448. The molecule has 1 radical (unpaired) electrons. The van der Waals surface area contributed by atoms with Gasteiger partial charge in [-0.2, -0.15) is 0 Å². The van der Waals surface area contributed by atoms with Gasteiger partial charge in [-0.25, -0.2) is 0 Å². The van der Waals surface area contributed by atoms with Crippen molar-refractivity contribution in [1.29, 1.82) is 0 Å². The van der Waals surface area contributed by atoms with Gasteiger partial charge in [0.15, 0.2) is 16.6 Å². The molecule has 0 heterocycles. The van der Waals surface area contributed by atoms with Gasteiger partial charge in [0.05, 0.1) is 0 Å². The highest BCUT2D eigenvalue weighted by atomic mass is 28.5. The Morgan fingerprint density at radius 2 is 0.893 bits per heavy atom. The third-order valence-corrected chi connectivity index (χ3v) is 22.1. The van der Waals surface area contributed by atoms with Crippen molar-refractivity contribution in [2.45, 2.75) is 117 Å². The molecule has 28 heavy (non-hydrogen) atoms. The highest BCUT2D eigenvalue weighted by Crippen LogP contribution is 2.27. The molecule has 0 aliphatic carbocycles. The lowest BCUT2D eigenvalue weighted by Gasteiger charge is -2.42. The molecule has 9 heteroatoms. The van der Waals surface area contributed by atoms with Crippen LogP contribution in [0.2, 0.25) is 78.1 Å². The summed E-state index contributed by atoms with van der Waals surface area (Å²) >= 11 is 0. The van der Waals surface area contributed by atoms with Crippen LogP contribution in [0.25, 0.3) is 0 Å². The van der Waals surface area contributed by atoms with Crippen LogP contribution in [0.15, 0.2) is 0 Å². The standard InChI is InChI=1S/C19H49O4Si5/c1-13-14-15-16-17-18-19-25(5,6)21-27(9,10)23-28(11,12)22-26(7,8)20-24(2,3)4/h1,13-19H2,2-12H3. The van der Waals surface area contributed by atoms with Crippen LogP contribution in [-0.2, 0) is 16.5 Å². The van der Waals surface area contributed by atoms with Gasteiger partial charge in [-0.3, -0.25) is 0 Å². The second kappa shape index (κ2) is 11.5. The van der Waals surface area contributed by atoms with Crippen LogP contribution >= 0.6 is 0 Å². The SMILES string of the molecule is [CH2]CCCCCCC[Si](C)(C)O[Si](C)(C)O[Si](C)(C)O[Si](C)(C)O[Si](C)(C)C. The number of hydrogen-bond acceptors (Lipinski definition) is 4. The molecule has 0 aliphatic heterocycles. The fourth-order valence-electron chi connectivity index (χ4n) is 3.96. The molecule has 169 valence electrons. The number of unbranched alkanes of at least 4 members (excludes halogenated alkanes) is 5. The summed E-state index contributed by atoms with van der Waals surface area (Å²) in [6, 6.07) is 1.21. The van der Waals surface area contributed by atoms with Crippen LogP contribution in [-0.4, -0.2) is 42.3 Å². The summed E-state index contributed by atoms with van der Waals surface area (Å²) in [6.07, 6.45) is 7.52. The first kappa shape index (κ1) is 28.9. The molecule has 0 aromatic rings. The van der Waals surface area contributed by atoms with Crippen molar-refractivity contribution >= 4 is 42.3 Å². The maximum atomic E-state index is 6.69. The quantitative estimate of drug-likeness (QED) is 0.181. The zero-order chi connectivity index (χ0) is 22.3. The predicted octanol–water partition coefficient (Wildman–Crippen LogP) is 7.37. The molecule has 0 bridgehead atoms. The summed E-state index contributed by atoms with van der Waals surface area (Å²) in [5.41, 5.74) is 0. The van der Waals surface area contributed by atoms with E-state index >= 15 is 0 Å². The second-order valence-corrected chi connectivity index (χ2v) is 30.8. The summed E-state index contributed by atoms with van der Waals surface area (Å²) in [5, 5.41) is 0. The maximum absolute atomic E-state index is 6.69. The second-order valence-electron chi connectivity index (χ2n) is 10.9. The first-order valence-electron chi connectivity index (χ1n) is 11.0. The smallest absolute Gasteiger partial charge is 0.314 e. The van der Waals surface area contributed by atoms with Gasteiger partial charge in [0.2, 0.25) is 0 Å². The van der Waals surface area contributed by atoms with Gasteiger partial charge in [-0.1, -0.05) is 45.4 Å². The minimum absolute atomic E-state index is 1.06. The predicted molar refractivity (Wildman–Crippen MR) is 135 cm³/mol. The van der Waals surface area contributed by atoms with Crippen LogP contribution in [0.4, 0.5) is 0 Å². The zero-order valence-corrected chi connectivity index (χ0v) is 25.8. The van der Waals surface area contributed by atoms with E-state index < -0.39 is 42.3 Å². The van der Waals surface area contributed by atoms with Gasteiger partial charge in [0.1, 0.15) is 0 Å². The van der Waals surface area contributed by atoms with Crippen LogP contribution in [0.1, 0.15) is 38.5 Å². The summed E-state index contributed by atoms with van der Waals surface area (Å²) < 4.78 is 26.2. The molecule has 0 aromatic heterocycles. The average Bonchev–Trinajstić information content (AvgIpc) is 2.35. The van der Waals surface area contributed by atoms with Gasteiger partial charge in [0.25, 0.3) is 0 Å². The minimum Gasteiger partial charge on any atom is -0.437 e. The van der Waals surface area contributed by atoms with E-state index in [0.717, 1.165) is 6.42 Å². The molecular weight excluding hydrogens is 433 g/mol. The number of rotatable bonds is 15. The molecule has 0 rings (SSSR count). The molecule has 0 N–H and O–H groups in total. The summed E-state index contributed by atoms with van der Waals surface area (Å²) in [5.74, 6) is 0. The van der Waals surface area contributed by atoms with E-state index in [9.17, 15) is 0 Å². The van der Waals surface area contributed by atoms with Gasteiger partial charge in [0, 0.05) is 0 Å². The van der Waals surface area contributed by atoms with Crippen LogP contribution in [0.3, 0.4) is 0 Å². The highest BCUT2D eigenvalue weighted by Gasteiger charge is 2.44. The van der Waals surface area contributed by atoms with E-state index in [4.69, 9.17) is 16.5 Å². The molecule has 0 saturated carbocycles. The fraction of sp³-hybridized carbons (Fsp3) is 0.947. The first-order valence-corrected chi connectivity index (χ1v) is 26.0. The zero-order valence-electron chi connectivity index (χ0n) is 20.8. The van der Waals surface area contributed by atoms with Crippen molar-refractivity contribution in [3.8, 4) is 0 Å². The topological polar surface area (TPSA) is 36.9 Å². The summed E-state index contributed by atoms with van der Waals surface area (Å²) in [7, 11) is -10.1. The van der Waals surface area contributed by atoms with Crippen molar-refractivity contribution in [2.24, 2.45) is 0 Å². The maximum Gasteiger partial charge on any atom is 0.314 e. The molecule has 0 fully saturated rings. The summed E-state index contributed by atoms with van der Waals surface area (Å²) in [4.78, 5) is 0. The van der Waals surface area contributed by atoms with Crippen molar-refractivity contribution in [3.05, 3.63) is 6.92 Å². The fourth-order valence-corrected chi connectivity index (χ4v) is 27.8. The van der Waals surface area contributed by atoms with Gasteiger partial charge in [-0.05, 0) is 78.1 Å². The third-order valence-electron chi connectivity index (χ3n) is 4.09. The van der Waals surface area contributed by atoms with E-state index in [1.54, 1.807) is 0 Å². The lowest BCUT2D eigenvalue weighted by atomic mass is 10.1.